The lowest BCUT2D eigenvalue weighted by Crippen LogP contribution is -2.30. The third-order valence-electron chi connectivity index (χ3n) is 5.45. The van der Waals surface area contributed by atoms with Crippen LogP contribution in [0.15, 0.2) is 60.7 Å². The summed E-state index contributed by atoms with van der Waals surface area (Å²) in [4.78, 5) is 52.0. The second-order valence-corrected chi connectivity index (χ2v) is 7.73. The molecule has 33 heavy (non-hydrogen) atoms. The average molecular weight is 443 g/mol. The van der Waals surface area contributed by atoms with Gasteiger partial charge in [0.2, 0.25) is 0 Å². The van der Waals surface area contributed by atoms with Crippen molar-refractivity contribution in [2.24, 2.45) is 0 Å². The molecule has 7 heteroatoms. The van der Waals surface area contributed by atoms with Gasteiger partial charge in [-0.1, -0.05) is 24.3 Å². The Hall–Kier alpha value is -4.26. The third-order valence-corrected chi connectivity index (χ3v) is 5.45. The van der Waals surface area contributed by atoms with Gasteiger partial charge in [-0.3, -0.25) is 14.4 Å². The van der Waals surface area contributed by atoms with Crippen LogP contribution in [-0.4, -0.2) is 37.3 Å². The lowest BCUT2D eigenvalue weighted by atomic mass is 10.1. The molecule has 1 aliphatic heterocycles. The van der Waals surface area contributed by atoms with Crippen LogP contribution in [-0.2, 0) is 4.74 Å². The smallest absolute Gasteiger partial charge is 0.338 e. The van der Waals surface area contributed by atoms with Crippen LogP contribution in [0, 0.1) is 13.8 Å². The van der Waals surface area contributed by atoms with Crippen LogP contribution in [0.2, 0.25) is 0 Å². The first-order chi connectivity index (χ1) is 15.8. The number of anilines is 1. The molecule has 1 aliphatic rings. The van der Waals surface area contributed by atoms with Crippen LogP contribution in [0.4, 0.5) is 5.69 Å². The summed E-state index contributed by atoms with van der Waals surface area (Å²) in [6, 6.07) is 16.2. The summed E-state index contributed by atoms with van der Waals surface area (Å²) in [5, 5.41) is 0. The Bertz CT molecular complexity index is 1310. The van der Waals surface area contributed by atoms with Gasteiger partial charge in [-0.2, -0.15) is 0 Å². The highest BCUT2D eigenvalue weighted by Crippen LogP contribution is 2.32. The Balaban J connectivity index is 1.52. The normalized spacial score (nSPS) is 12.5. The molecule has 0 N–H and O–H groups in total. The molecule has 0 aromatic heterocycles. The highest BCUT2D eigenvalue weighted by Gasteiger charge is 2.38. The molecule has 4 rings (SSSR count). The summed E-state index contributed by atoms with van der Waals surface area (Å²) in [7, 11) is 1.49. The van der Waals surface area contributed by atoms with Gasteiger partial charge in [-0.25, -0.2) is 9.69 Å². The summed E-state index contributed by atoms with van der Waals surface area (Å²) in [5.41, 5.74) is 2.97. The second kappa shape index (κ2) is 8.70. The molecule has 0 radical (unpaired) electrons. The number of esters is 1. The molecule has 1 heterocycles. The molecule has 0 aliphatic carbocycles. The Morgan fingerprint density at radius 2 is 1.61 bits per heavy atom. The minimum Gasteiger partial charge on any atom is -0.497 e. The van der Waals surface area contributed by atoms with Gasteiger partial charge in [-0.05, 0) is 61.4 Å². The number of Topliss-reactive ketones (excluding diaryl/α,β-unsaturated/α-hetero) is 1. The maximum atomic E-state index is 13.0. The van der Waals surface area contributed by atoms with Crippen LogP contribution in [0.3, 0.4) is 0 Å². The predicted molar refractivity (Wildman–Crippen MR) is 121 cm³/mol. The summed E-state index contributed by atoms with van der Waals surface area (Å²) in [6.07, 6.45) is 0. The molecule has 0 atom stereocenters. The summed E-state index contributed by atoms with van der Waals surface area (Å²) in [5.74, 6) is -1.60. The standard InChI is InChI=1S/C26H21NO6/c1-15-7-8-16(2)22(11-15)27-24(29)20-10-9-18(13-21(20)25(27)30)26(31)33-14-23(28)17-5-4-6-19(12-17)32-3/h4-13H,14H2,1-3H3. The van der Waals surface area contributed by atoms with E-state index in [1.54, 1.807) is 30.3 Å². The van der Waals surface area contributed by atoms with E-state index in [1.807, 2.05) is 26.0 Å². The first-order valence-electron chi connectivity index (χ1n) is 10.2. The van der Waals surface area contributed by atoms with Gasteiger partial charge in [0.25, 0.3) is 11.8 Å². The van der Waals surface area contributed by atoms with Crippen molar-refractivity contribution in [2.75, 3.05) is 18.6 Å². The zero-order valence-corrected chi connectivity index (χ0v) is 18.4. The monoisotopic (exact) mass is 443 g/mol. The highest BCUT2D eigenvalue weighted by atomic mass is 16.5. The minimum atomic E-state index is -0.764. The van der Waals surface area contributed by atoms with Crippen molar-refractivity contribution in [1.29, 1.82) is 0 Å². The Morgan fingerprint density at radius 3 is 2.36 bits per heavy atom. The van der Waals surface area contributed by atoms with Crippen molar-refractivity contribution >= 4 is 29.3 Å². The number of amides is 2. The number of hydrogen-bond donors (Lipinski definition) is 0. The topological polar surface area (TPSA) is 90.0 Å². The quantitative estimate of drug-likeness (QED) is 0.323. The zero-order chi connectivity index (χ0) is 23.7. The molecule has 0 saturated carbocycles. The third kappa shape index (κ3) is 4.13. The number of benzene rings is 3. The van der Waals surface area contributed by atoms with E-state index in [-0.39, 0.29) is 16.7 Å². The molecule has 3 aromatic carbocycles. The first kappa shape index (κ1) is 22.0. The zero-order valence-electron chi connectivity index (χ0n) is 18.4. The Morgan fingerprint density at radius 1 is 0.848 bits per heavy atom. The van der Waals surface area contributed by atoms with Crippen LogP contribution in [0.1, 0.15) is 52.6 Å². The average Bonchev–Trinajstić information content (AvgIpc) is 3.08. The number of carbonyl (C=O) groups is 4. The summed E-state index contributed by atoms with van der Waals surface area (Å²) >= 11 is 0. The molecule has 0 saturated heterocycles. The molecule has 7 nitrogen and oxygen atoms in total. The van der Waals surface area contributed by atoms with Crippen molar-refractivity contribution in [2.45, 2.75) is 13.8 Å². The van der Waals surface area contributed by atoms with E-state index in [0.717, 1.165) is 16.0 Å². The minimum absolute atomic E-state index is 0.0798. The summed E-state index contributed by atoms with van der Waals surface area (Å²) < 4.78 is 10.2. The van der Waals surface area contributed by atoms with Gasteiger partial charge in [0.15, 0.2) is 12.4 Å². The van der Waals surface area contributed by atoms with E-state index in [4.69, 9.17) is 9.47 Å². The second-order valence-electron chi connectivity index (χ2n) is 7.73. The number of carbonyl (C=O) groups excluding carboxylic acids is 4. The van der Waals surface area contributed by atoms with Crippen molar-refractivity contribution in [3.05, 3.63) is 94.0 Å². The number of imide groups is 1. The van der Waals surface area contributed by atoms with Gasteiger partial charge in [0, 0.05) is 5.56 Å². The number of ether oxygens (including phenoxy) is 2. The van der Waals surface area contributed by atoms with Crippen LogP contribution >= 0.6 is 0 Å². The van der Waals surface area contributed by atoms with Gasteiger partial charge < -0.3 is 9.47 Å². The van der Waals surface area contributed by atoms with E-state index in [1.165, 1.54) is 25.3 Å². The van der Waals surface area contributed by atoms with Gasteiger partial charge >= 0.3 is 5.97 Å². The number of aryl methyl sites for hydroxylation is 2. The lowest BCUT2D eigenvalue weighted by Gasteiger charge is -2.17. The number of fused-ring (bicyclic) bond motifs is 1. The maximum Gasteiger partial charge on any atom is 0.338 e. The molecule has 0 fully saturated rings. The molecule has 166 valence electrons. The fraction of sp³-hybridized carbons (Fsp3) is 0.154. The van der Waals surface area contributed by atoms with Crippen molar-refractivity contribution in [3.8, 4) is 5.75 Å². The predicted octanol–water partition coefficient (Wildman–Crippen LogP) is 4.15. The SMILES string of the molecule is COc1cccc(C(=O)COC(=O)c2ccc3c(c2)C(=O)N(c2cc(C)ccc2C)C3=O)c1. The van der Waals surface area contributed by atoms with Crippen molar-refractivity contribution in [3.63, 3.8) is 0 Å². The Labute approximate surface area is 190 Å². The van der Waals surface area contributed by atoms with Crippen LogP contribution < -0.4 is 9.64 Å². The van der Waals surface area contributed by atoms with E-state index in [9.17, 15) is 19.2 Å². The van der Waals surface area contributed by atoms with Crippen molar-refractivity contribution < 1.29 is 28.7 Å². The van der Waals surface area contributed by atoms with Crippen LogP contribution in [0.25, 0.3) is 0 Å². The van der Waals surface area contributed by atoms with E-state index >= 15 is 0 Å². The van der Waals surface area contributed by atoms with Crippen LogP contribution in [0.5, 0.6) is 5.75 Å². The fourth-order valence-corrected chi connectivity index (χ4v) is 3.64. The summed E-state index contributed by atoms with van der Waals surface area (Å²) in [6.45, 7) is 3.23. The fourth-order valence-electron chi connectivity index (χ4n) is 3.64. The molecule has 0 bridgehead atoms. The van der Waals surface area contributed by atoms with Gasteiger partial charge in [0.1, 0.15) is 5.75 Å². The van der Waals surface area contributed by atoms with Gasteiger partial charge in [0.05, 0.1) is 29.5 Å². The number of hydrogen-bond acceptors (Lipinski definition) is 6. The van der Waals surface area contributed by atoms with E-state index in [0.29, 0.717) is 17.0 Å². The van der Waals surface area contributed by atoms with E-state index < -0.39 is 30.2 Å². The van der Waals surface area contributed by atoms with E-state index in [2.05, 4.69) is 0 Å². The molecule has 0 unspecified atom stereocenters. The first-order valence-corrected chi connectivity index (χ1v) is 10.2. The number of methoxy groups -OCH3 is 1. The number of rotatable bonds is 6. The molecule has 3 aromatic rings. The molecular formula is C26H21NO6. The molecule has 2 amide bonds. The number of ketones is 1. The van der Waals surface area contributed by atoms with Gasteiger partial charge in [-0.15, -0.1) is 0 Å². The number of nitrogens with zero attached hydrogens (tertiary/aromatic N) is 1. The maximum absolute atomic E-state index is 13.0. The Kier molecular flexibility index (Phi) is 5.79. The molecular weight excluding hydrogens is 422 g/mol. The lowest BCUT2D eigenvalue weighted by molar-refractivity contribution is 0.0474. The highest BCUT2D eigenvalue weighted by molar-refractivity contribution is 6.35. The largest absolute Gasteiger partial charge is 0.497 e. The molecule has 0 spiro atoms. The van der Waals surface area contributed by atoms with Crippen molar-refractivity contribution in [1.82, 2.24) is 0 Å².